The van der Waals surface area contributed by atoms with Gasteiger partial charge in [-0.25, -0.2) is 4.79 Å². The number of rotatable bonds is 1. The number of esters is 1. The molecule has 2 aliphatic heterocycles. The third-order valence-electron chi connectivity index (χ3n) is 2.71. The van der Waals surface area contributed by atoms with Gasteiger partial charge in [-0.05, 0) is 19.9 Å². The van der Waals surface area contributed by atoms with Crippen molar-refractivity contribution in [3.8, 4) is 0 Å². The van der Waals surface area contributed by atoms with Crippen LogP contribution in [0.3, 0.4) is 0 Å². The molecule has 0 spiro atoms. The molecule has 2 rings (SSSR count). The highest BCUT2D eigenvalue weighted by Gasteiger charge is 2.37. The molecule has 76 valence electrons. The average Bonchev–Trinajstić information content (AvgIpc) is 2.55. The second-order valence-corrected chi connectivity index (χ2v) is 3.90. The Morgan fingerprint density at radius 2 is 2.14 bits per heavy atom. The van der Waals surface area contributed by atoms with Crippen LogP contribution in [0.4, 0.5) is 0 Å². The predicted molar refractivity (Wildman–Crippen MR) is 51.4 cm³/mol. The summed E-state index contributed by atoms with van der Waals surface area (Å²) >= 11 is 0. The molecule has 0 bridgehead atoms. The molecule has 3 atom stereocenters. The van der Waals surface area contributed by atoms with E-state index in [0.29, 0.717) is 0 Å². The summed E-state index contributed by atoms with van der Waals surface area (Å²) in [5.74, 6) is 0.684. The summed E-state index contributed by atoms with van der Waals surface area (Å²) in [5.41, 5.74) is 0.753. The molecule has 1 saturated heterocycles. The fraction of sp³-hybridized carbons (Fsp3) is 0.545. The van der Waals surface area contributed by atoms with Crippen molar-refractivity contribution in [2.24, 2.45) is 5.92 Å². The summed E-state index contributed by atoms with van der Waals surface area (Å²) < 4.78 is 10.5. The van der Waals surface area contributed by atoms with Gasteiger partial charge in [0.25, 0.3) is 0 Å². The van der Waals surface area contributed by atoms with E-state index < -0.39 is 0 Å². The van der Waals surface area contributed by atoms with Crippen LogP contribution in [0.1, 0.15) is 20.3 Å². The monoisotopic (exact) mass is 194 g/mol. The van der Waals surface area contributed by atoms with Gasteiger partial charge in [0.2, 0.25) is 0 Å². The largest absolute Gasteiger partial charge is 0.495 e. The summed E-state index contributed by atoms with van der Waals surface area (Å²) in [7, 11) is 0. The first-order chi connectivity index (χ1) is 6.58. The van der Waals surface area contributed by atoms with E-state index in [1.54, 1.807) is 0 Å². The fourth-order valence-electron chi connectivity index (χ4n) is 2.03. The van der Waals surface area contributed by atoms with E-state index in [-0.39, 0.29) is 24.1 Å². The van der Waals surface area contributed by atoms with Crippen LogP contribution in [0, 0.1) is 5.92 Å². The second-order valence-electron chi connectivity index (χ2n) is 3.90. The van der Waals surface area contributed by atoms with Crippen LogP contribution in [0.2, 0.25) is 0 Å². The highest BCUT2D eigenvalue weighted by molar-refractivity contribution is 5.91. The van der Waals surface area contributed by atoms with Crippen LogP contribution in [0.25, 0.3) is 0 Å². The lowest BCUT2D eigenvalue weighted by molar-refractivity contribution is -0.139. The molecule has 1 fully saturated rings. The summed E-state index contributed by atoms with van der Waals surface area (Å²) in [6.45, 7) is 7.59. The molecule has 0 radical (unpaired) electrons. The molecule has 0 aromatic carbocycles. The minimum atomic E-state index is -0.201. The molecule has 2 heterocycles. The molecular weight excluding hydrogens is 180 g/mol. The van der Waals surface area contributed by atoms with Crippen molar-refractivity contribution in [1.29, 1.82) is 0 Å². The number of cyclic esters (lactones) is 1. The Labute approximate surface area is 83.4 Å². The number of ether oxygens (including phenoxy) is 2. The Morgan fingerprint density at radius 1 is 1.43 bits per heavy atom. The van der Waals surface area contributed by atoms with Gasteiger partial charge in [0.1, 0.15) is 12.2 Å². The molecule has 3 heteroatoms. The summed E-state index contributed by atoms with van der Waals surface area (Å²) in [4.78, 5) is 11.4. The van der Waals surface area contributed by atoms with Crippen molar-refractivity contribution in [2.45, 2.75) is 32.5 Å². The molecule has 0 aromatic heterocycles. The van der Waals surface area contributed by atoms with Gasteiger partial charge in [0.05, 0.1) is 5.76 Å². The Kier molecular flexibility index (Phi) is 2.10. The minimum Gasteiger partial charge on any atom is -0.495 e. The molecular formula is C11H14O3. The van der Waals surface area contributed by atoms with E-state index in [0.717, 1.165) is 17.8 Å². The van der Waals surface area contributed by atoms with Crippen molar-refractivity contribution < 1.29 is 14.3 Å². The first kappa shape index (κ1) is 9.31. The van der Waals surface area contributed by atoms with Crippen molar-refractivity contribution in [3.05, 3.63) is 24.0 Å². The number of carbonyl (C=O) groups excluding carboxylic acids is 1. The Bertz CT molecular complexity index is 316. The zero-order chi connectivity index (χ0) is 10.3. The highest BCUT2D eigenvalue weighted by atomic mass is 16.5. The number of allylic oxidation sites excluding steroid dienone is 1. The summed E-state index contributed by atoms with van der Waals surface area (Å²) in [6, 6.07) is 0. The molecule has 0 N–H and O–H groups in total. The second kappa shape index (κ2) is 3.15. The quantitative estimate of drug-likeness (QED) is 0.597. The normalized spacial score (nSPS) is 36.7. The Balaban J connectivity index is 2.19. The number of carbonyl (C=O) groups is 1. The van der Waals surface area contributed by atoms with Crippen molar-refractivity contribution >= 4 is 5.97 Å². The van der Waals surface area contributed by atoms with Crippen LogP contribution >= 0.6 is 0 Å². The van der Waals surface area contributed by atoms with Crippen molar-refractivity contribution in [3.63, 3.8) is 0 Å². The lowest BCUT2D eigenvalue weighted by atomic mass is 9.92. The van der Waals surface area contributed by atoms with Gasteiger partial charge in [-0.1, -0.05) is 6.58 Å². The molecule has 0 aliphatic carbocycles. The minimum absolute atomic E-state index is 0.0339. The smallest absolute Gasteiger partial charge is 0.334 e. The molecule has 2 aliphatic rings. The van der Waals surface area contributed by atoms with Gasteiger partial charge in [-0.2, -0.15) is 0 Å². The standard InChI is InChI=1S/C11H14O3/c1-6-4-9(8(3)13-6)10-5-7(2)14-11(10)12/h5,7-9H,1,4H2,2-3H3. The Hall–Kier alpha value is -1.25. The van der Waals surface area contributed by atoms with Crippen LogP contribution in [-0.4, -0.2) is 18.2 Å². The first-order valence-corrected chi connectivity index (χ1v) is 4.85. The topological polar surface area (TPSA) is 35.5 Å². The summed E-state index contributed by atoms with van der Waals surface area (Å²) in [6.07, 6.45) is 2.55. The number of hydrogen-bond acceptors (Lipinski definition) is 3. The van der Waals surface area contributed by atoms with Crippen molar-refractivity contribution in [1.82, 2.24) is 0 Å². The first-order valence-electron chi connectivity index (χ1n) is 4.85. The predicted octanol–water partition coefficient (Wildman–Crippen LogP) is 1.80. The van der Waals surface area contributed by atoms with E-state index in [1.165, 1.54) is 0 Å². The maximum atomic E-state index is 11.4. The van der Waals surface area contributed by atoms with Gasteiger partial charge in [-0.15, -0.1) is 0 Å². The van der Waals surface area contributed by atoms with Crippen LogP contribution in [0.15, 0.2) is 24.0 Å². The third-order valence-corrected chi connectivity index (χ3v) is 2.71. The van der Waals surface area contributed by atoms with Gasteiger partial charge >= 0.3 is 5.97 Å². The van der Waals surface area contributed by atoms with Gasteiger partial charge in [-0.3, -0.25) is 0 Å². The zero-order valence-electron chi connectivity index (χ0n) is 8.45. The van der Waals surface area contributed by atoms with E-state index >= 15 is 0 Å². The van der Waals surface area contributed by atoms with Crippen LogP contribution in [0.5, 0.6) is 0 Å². The average molecular weight is 194 g/mol. The molecule has 3 unspecified atom stereocenters. The fourth-order valence-corrected chi connectivity index (χ4v) is 2.03. The van der Waals surface area contributed by atoms with Crippen LogP contribution in [-0.2, 0) is 14.3 Å². The highest BCUT2D eigenvalue weighted by Crippen LogP contribution is 2.36. The lowest BCUT2D eigenvalue weighted by Gasteiger charge is -2.11. The van der Waals surface area contributed by atoms with E-state index in [9.17, 15) is 4.79 Å². The maximum Gasteiger partial charge on any atom is 0.334 e. The van der Waals surface area contributed by atoms with Gasteiger partial charge in [0.15, 0.2) is 0 Å². The van der Waals surface area contributed by atoms with Gasteiger partial charge in [0, 0.05) is 17.9 Å². The molecule has 3 nitrogen and oxygen atoms in total. The molecule has 0 saturated carbocycles. The molecule has 14 heavy (non-hydrogen) atoms. The summed E-state index contributed by atoms with van der Waals surface area (Å²) in [5, 5.41) is 0. The van der Waals surface area contributed by atoms with Gasteiger partial charge < -0.3 is 9.47 Å². The lowest BCUT2D eigenvalue weighted by Crippen LogP contribution is -2.17. The Morgan fingerprint density at radius 3 is 2.57 bits per heavy atom. The van der Waals surface area contributed by atoms with Crippen molar-refractivity contribution in [2.75, 3.05) is 0 Å². The van der Waals surface area contributed by atoms with E-state index in [1.807, 2.05) is 19.9 Å². The zero-order valence-corrected chi connectivity index (χ0v) is 8.45. The van der Waals surface area contributed by atoms with E-state index in [2.05, 4.69) is 6.58 Å². The molecule has 0 amide bonds. The van der Waals surface area contributed by atoms with E-state index in [4.69, 9.17) is 9.47 Å². The third kappa shape index (κ3) is 1.43. The SMILES string of the molecule is C=C1CC(C2=CC(C)OC2=O)C(C)O1. The molecule has 0 aromatic rings. The van der Waals surface area contributed by atoms with Crippen LogP contribution < -0.4 is 0 Å². The maximum absolute atomic E-state index is 11.4. The number of hydrogen-bond donors (Lipinski definition) is 0.